The van der Waals surface area contributed by atoms with E-state index in [1.165, 1.54) is 12.1 Å². The second-order valence-electron chi connectivity index (χ2n) is 6.14. The number of amides is 1. The molecule has 0 aromatic heterocycles. The zero-order chi connectivity index (χ0) is 14.8. The van der Waals surface area contributed by atoms with Crippen LogP contribution in [0, 0.1) is 5.82 Å². The Balaban J connectivity index is 0.00000220. The third kappa shape index (κ3) is 5.61. The number of carbonyl (C=O) groups is 1. The number of hydrogen-bond acceptors (Lipinski definition) is 3. The van der Waals surface area contributed by atoms with Crippen LogP contribution in [0.2, 0.25) is 0 Å². The molecular weight excluding hydrogens is 293 g/mol. The average Bonchev–Trinajstić information content (AvgIpc) is 2.31. The molecule has 2 N–H and O–H groups in total. The molecule has 1 fully saturated rings. The molecule has 1 heterocycles. The van der Waals surface area contributed by atoms with Crippen LogP contribution in [0.1, 0.15) is 19.4 Å². The number of piperazine rings is 1. The summed E-state index contributed by atoms with van der Waals surface area (Å²) in [5.74, 6) is -0.191. The molecule has 21 heavy (non-hydrogen) atoms. The smallest absolute Gasteiger partial charge is 0.237 e. The van der Waals surface area contributed by atoms with Gasteiger partial charge in [-0.25, -0.2) is 4.39 Å². The van der Waals surface area contributed by atoms with Crippen LogP contribution in [0.5, 0.6) is 0 Å². The molecule has 1 saturated heterocycles. The standard InChI is InChI=1S/C15H22FN3O.ClH/c1-15(2,17)11-18-6-7-19(14(20)10-18)9-12-4-3-5-13(16)8-12;/h3-5,8H,6-7,9-11,17H2,1-2H3;1H. The van der Waals surface area contributed by atoms with Crippen molar-refractivity contribution in [3.8, 4) is 0 Å². The maximum Gasteiger partial charge on any atom is 0.237 e. The quantitative estimate of drug-likeness (QED) is 0.919. The molecule has 1 aliphatic rings. The Kier molecular flexibility index (Phi) is 6.13. The summed E-state index contributed by atoms with van der Waals surface area (Å²) in [7, 11) is 0. The average molecular weight is 316 g/mol. The molecule has 0 bridgehead atoms. The third-order valence-corrected chi connectivity index (χ3v) is 3.29. The van der Waals surface area contributed by atoms with Crippen LogP contribution in [-0.2, 0) is 11.3 Å². The molecule has 2 rings (SSSR count). The second-order valence-corrected chi connectivity index (χ2v) is 6.14. The maximum absolute atomic E-state index is 13.1. The first-order chi connectivity index (χ1) is 9.33. The zero-order valence-electron chi connectivity index (χ0n) is 12.5. The molecule has 1 aromatic rings. The lowest BCUT2D eigenvalue weighted by molar-refractivity contribution is -0.136. The molecular formula is C15H23ClFN3O. The predicted octanol–water partition coefficient (Wildman–Crippen LogP) is 1.63. The van der Waals surface area contributed by atoms with Gasteiger partial charge in [0.25, 0.3) is 0 Å². The number of carbonyl (C=O) groups excluding carboxylic acids is 1. The van der Waals surface area contributed by atoms with E-state index >= 15 is 0 Å². The molecule has 118 valence electrons. The Morgan fingerprint density at radius 1 is 1.33 bits per heavy atom. The fraction of sp³-hybridized carbons (Fsp3) is 0.533. The van der Waals surface area contributed by atoms with Crippen LogP contribution in [0.15, 0.2) is 24.3 Å². The highest BCUT2D eigenvalue weighted by molar-refractivity contribution is 5.85. The summed E-state index contributed by atoms with van der Waals surface area (Å²) >= 11 is 0. The Morgan fingerprint density at radius 3 is 2.62 bits per heavy atom. The molecule has 0 radical (unpaired) electrons. The van der Waals surface area contributed by atoms with Gasteiger partial charge in [-0.15, -0.1) is 12.4 Å². The van der Waals surface area contributed by atoms with E-state index in [9.17, 15) is 9.18 Å². The molecule has 0 atom stereocenters. The second kappa shape index (κ2) is 7.20. The van der Waals surface area contributed by atoms with E-state index in [1.54, 1.807) is 11.0 Å². The number of nitrogens with two attached hydrogens (primary N) is 1. The van der Waals surface area contributed by atoms with Gasteiger partial charge in [-0.2, -0.15) is 0 Å². The van der Waals surface area contributed by atoms with Gasteiger partial charge in [0.05, 0.1) is 6.54 Å². The molecule has 1 amide bonds. The van der Waals surface area contributed by atoms with E-state index in [4.69, 9.17) is 5.73 Å². The van der Waals surface area contributed by atoms with Crippen molar-refractivity contribution >= 4 is 18.3 Å². The lowest BCUT2D eigenvalue weighted by Gasteiger charge is -2.37. The highest BCUT2D eigenvalue weighted by atomic mass is 35.5. The van der Waals surface area contributed by atoms with E-state index < -0.39 is 0 Å². The molecule has 0 spiro atoms. The number of rotatable bonds is 4. The SMILES string of the molecule is CC(C)(N)CN1CCN(Cc2cccc(F)c2)C(=O)C1.Cl. The van der Waals surface area contributed by atoms with Crippen LogP contribution in [0.3, 0.4) is 0 Å². The topological polar surface area (TPSA) is 49.6 Å². The van der Waals surface area contributed by atoms with Crippen LogP contribution in [-0.4, -0.2) is 47.4 Å². The van der Waals surface area contributed by atoms with Crippen LogP contribution < -0.4 is 5.73 Å². The van der Waals surface area contributed by atoms with Gasteiger partial charge in [0.1, 0.15) is 5.82 Å². The summed E-state index contributed by atoms with van der Waals surface area (Å²) in [6, 6.07) is 6.39. The van der Waals surface area contributed by atoms with Gasteiger partial charge in [-0.3, -0.25) is 9.69 Å². The number of hydrogen-bond donors (Lipinski definition) is 1. The van der Waals surface area contributed by atoms with Crippen LogP contribution in [0.4, 0.5) is 4.39 Å². The molecule has 0 unspecified atom stereocenters. The third-order valence-electron chi connectivity index (χ3n) is 3.29. The van der Waals surface area contributed by atoms with Crippen molar-refractivity contribution in [3.63, 3.8) is 0 Å². The molecule has 0 saturated carbocycles. The van der Waals surface area contributed by atoms with Crippen molar-refractivity contribution < 1.29 is 9.18 Å². The number of benzene rings is 1. The molecule has 1 aromatic carbocycles. The van der Waals surface area contributed by atoms with Gasteiger partial charge < -0.3 is 10.6 Å². The lowest BCUT2D eigenvalue weighted by atomic mass is 10.1. The first-order valence-electron chi connectivity index (χ1n) is 6.87. The highest BCUT2D eigenvalue weighted by Gasteiger charge is 2.26. The van der Waals surface area contributed by atoms with Crippen molar-refractivity contribution in [2.75, 3.05) is 26.2 Å². The Morgan fingerprint density at radius 2 is 2.05 bits per heavy atom. The molecule has 0 aliphatic carbocycles. The van der Waals surface area contributed by atoms with Gasteiger partial charge in [0.2, 0.25) is 5.91 Å². The first kappa shape index (κ1) is 17.9. The number of nitrogens with zero attached hydrogens (tertiary/aromatic N) is 2. The van der Waals surface area contributed by atoms with Crippen molar-refractivity contribution in [3.05, 3.63) is 35.6 Å². The predicted molar refractivity (Wildman–Crippen MR) is 83.8 cm³/mol. The summed E-state index contributed by atoms with van der Waals surface area (Å²) in [6.07, 6.45) is 0. The summed E-state index contributed by atoms with van der Waals surface area (Å²) in [5.41, 5.74) is 6.50. The van der Waals surface area contributed by atoms with Crippen LogP contribution in [0.25, 0.3) is 0 Å². The maximum atomic E-state index is 13.1. The Bertz CT molecular complexity index is 490. The normalized spacial score (nSPS) is 16.8. The van der Waals surface area contributed by atoms with Gasteiger partial charge >= 0.3 is 0 Å². The summed E-state index contributed by atoms with van der Waals surface area (Å²) in [4.78, 5) is 16.0. The Hall–Kier alpha value is -1.17. The molecule has 4 nitrogen and oxygen atoms in total. The van der Waals surface area contributed by atoms with Gasteiger partial charge in [0.15, 0.2) is 0 Å². The van der Waals surface area contributed by atoms with Crippen molar-refractivity contribution in [2.45, 2.75) is 25.9 Å². The van der Waals surface area contributed by atoms with E-state index in [0.717, 1.165) is 12.1 Å². The van der Waals surface area contributed by atoms with Gasteiger partial charge in [-0.05, 0) is 31.5 Å². The van der Waals surface area contributed by atoms with Gasteiger partial charge in [-0.1, -0.05) is 12.1 Å². The summed E-state index contributed by atoms with van der Waals surface area (Å²) in [5, 5.41) is 0. The van der Waals surface area contributed by atoms with Crippen LogP contribution >= 0.6 is 12.4 Å². The van der Waals surface area contributed by atoms with Crippen molar-refractivity contribution in [1.29, 1.82) is 0 Å². The van der Waals surface area contributed by atoms with E-state index in [2.05, 4.69) is 4.90 Å². The minimum absolute atomic E-state index is 0. The minimum atomic E-state index is -0.301. The van der Waals surface area contributed by atoms with E-state index in [-0.39, 0.29) is 29.7 Å². The zero-order valence-corrected chi connectivity index (χ0v) is 13.3. The monoisotopic (exact) mass is 315 g/mol. The fourth-order valence-corrected chi connectivity index (χ4v) is 2.49. The largest absolute Gasteiger partial charge is 0.336 e. The first-order valence-corrected chi connectivity index (χ1v) is 6.87. The van der Waals surface area contributed by atoms with E-state index in [0.29, 0.717) is 26.2 Å². The summed E-state index contributed by atoms with van der Waals surface area (Å²) < 4.78 is 13.1. The fourth-order valence-electron chi connectivity index (χ4n) is 2.49. The van der Waals surface area contributed by atoms with E-state index in [1.807, 2.05) is 19.9 Å². The lowest BCUT2D eigenvalue weighted by Crippen LogP contribution is -2.55. The number of halogens is 2. The minimum Gasteiger partial charge on any atom is -0.336 e. The Labute approximate surface area is 131 Å². The molecule has 1 aliphatic heterocycles. The van der Waals surface area contributed by atoms with Gasteiger partial charge in [0, 0.05) is 31.7 Å². The van der Waals surface area contributed by atoms with Crippen molar-refractivity contribution in [1.82, 2.24) is 9.80 Å². The summed E-state index contributed by atoms with van der Waals surface area (Å²) in [6.45, 7) is 6.93. The van der Waals surface area contributed by atoms with Crippen molar-refractivity contribution in [2.24, 2.45) is 5.73 Å². The molecule has 6 heteroatoms. The highest BCUT2D eigenvalue weighted by Crippen LogP contribution is 2.12.